The Morgan fingerprint density at radius 2 is 1.53 bits per heavy atom. The second-order valence-electron chi connectivity index (χ2n) is 5.85. The van der Waals surface area contributed by atoms with Crippen molar-refractivity contribution >= 4 is 0 Å². The molecule has 2 unspecified atom stereocenters. The van der Waals surface area contributed by atoms with Gasteiger partial charge in [0.25, 0.3) is 0 Å². The number of nitrogens with one attached hydrogen (secondary N) is 1. The molecule has 1 fully saturated rings. The van der Waals surface area contributed by atoms with Gasteiger partial charge in [0.05, 0.1) is 0 Å². The van der Waals surface area contributed by atoms with E-state index in [-0.39, 0.29) is 0 Å². The normalized spacial score (nSPS) is 24.4. The monoisotopic (exact) mass is 239 g/mol. The smallest absolute Gasteiger partial charge is 0.00923 e. The SMILES string of the molecule is CCCCCCCCCCC1CCCC1NC. The van der Waals surface area contributed by atoms with Gasteiger partial charge in [-0.2, -0.15) is 0 Å². The van der Waals surface area contributed by atoms with E-state index in [1.54, 1.807) is 0 Å². The summed E-state index contributed by atoms with van der Waals surface area (Å²) in [6, 6.07) is 0.833. The van der Waals surface area contributed by atoms with Gasteiger partial charge in [0, 0.05) is 6.04 Å². The molecule has 102 valence electrons. The van der Waals surface area contributed by atoms with Crippen LogP contribution in [0, 0.1) is 5.92 Å². The first-order chi connectivity index (χ1) is 8.38. The lowest BCUT2D eigenvalue weighted by Gasteiger charge is -2.18. The summed E-state index contributed by atoms with van der Waals surface area (Å²) in [5.41, 5.74) is 0. The van der Waals surface area contributed by atoms with Crippen LogP contribution in [0.5, 0.6) is 0 Å². The molecule has 0 saturated heterocycles. The van der Waals surface area contributed by atoms with Crippen molar-refractivity contribution in [1.82, 2.24) is 5.32 Å². The van der Waals surface area contributed by atoms with Crippen LogP contribution in [0.15, 0.2) is 0 Å². The Kier molecular flexibility index (Phi) is 8.78. The molecule has 17 heavy (non-hydrogen) atoms. The summed E-state index contributed by atoms with van der Waals surface area (Å²) >= 11 is 0. The van der Waals surface area contributed by atoms with Crippen molar-refractivity contribution in [3.63, 3.8) is 0 Å². The van der Waals surface area contributed by atoms with E-state index < -0.39 is 0 Å². The van der Waals surface area contributed by atoms with Gasteiger partial charge in [-0.3, -0.25) is 0 Å². The zero-order chi connectivity index (χ0) is 12.3. The first-order valence-corrected chi connectivity index (χ1v) is 8.05. The van der Waals surface area contributed by atoms with Crippen LogP contribution < -0.4 is 5.32 Å². The van der Waals surface area contributed by atoms with E-state index in [1.165, 1.54) is 77.0 Å². The lowest BCUT2D eigenvalue weighted by atomic mass is 9.95. The lowest BCUT2D eigenvalue weighted by molar-refractivity contribution is 0.382. The van der Waals surface area contributed by atoms with Gasteiger partial charge >= 0.3 is 0 Å². The Hall–Kier alpha value is -0.0400. The average molecular weight is 239 g/mol. The van der Waals surface area contributed by atoms with Gasteiger partial charge in [-0.1, -0.05) is 64.7 Å². The maximum Gasteiger partial charge on any atom is 0.00923 e. The van der Waals surface area contributed by atoms with Gasteiger partial charge in [-0.15, -0.1) is 0 Å². The van der Waals surface area contributed by atoms with Crippen molar-refractivity contribution in [3.8, 4) is 0 Å². The zero-order valence-corrected chi connectivity index (χ0v) is 12.1. The van der Waals surface area contributed by atoms with E-state index in [9.17, 15) is 0 Å². The fourth-order valence-corrected chi connectivity index (χ4v) is 3.30. The highest BCUT2D eigenvalue weighted by atomic mass is 14.9. The first-order valence-electron chi connectivity index (χ1n) is 8.05. The fourth-order valence-electron chi connectivity index (χ4n) is 3.30. The largest absolute Gasteiger partial charge is 0.317 e. The molecule has 1 saturated carbocycles. The van der Waals surface area contributed by atoms with Crippen LogP contribution in [0.4, 0.5) is 0 Å². The number of rotatable bonds is 10. The molecule has 0 bridgehead atoms. The molecule has 0 amide bonds. The Morgan fingerprint density at radius 3 is 2.18 bits per heavy atom. The third-order valence-electron chi connectivity index (χ3n) is 4.46. The molecule has 1 aliphatic carbocycles. The number of hydrogen-bond acceptors (Lipinski definition) is 1. The Balaban J connectivity index is 1.87. The summed E-state index contributed by atoms with van der Waals surface area (Å²) in [4.78, 5) is 0. The molecule has 1 heteroatoms. The van der Waals surface area contributed by atoms with Crippen LogP contribution in [-0.2, 0) is 0 Å². The summed E-state index contributed by atoms with van der Waals surface area (Å²) in [7, 11) is 2.14. The predicted octanol–water partition coefficient (Wildman–Crippen LogP) is 4.91. The topological polar surface area (TPSA) is 12.0 Å². The average Bonchev–Trinajstić information content (AvgIpc) is 2.80. The van der Waals surface area contributed by atoms with Crippen molar-refractivity contribution in [2.75, 3.05) is 7.05 Å². The van der Waals surface area contributed by atoms with Crippen molar-refractivity contribution in [2.45, 2.75) is 90.0 Å². The highest BCUT2D eigenvalue weighted by Crippen LogP contribution is 2.29. The van der Waals surface area contributed by atoms with E-state index in [0.717, 1.165) is 12.0 Å². The number of hydrogen-bond donors (Lipinski definition) is 1. The predicted molar refractivity (Wildman–Crippen MR) is 77.4 cm³/mol. The van der Waals surface area contributed by atoms with Crippen LogP contribution in [0.2, 0.25) is 0 Å². The highest BCUT2D eigenvalue weighted by molar-refractivity contribution is 4.81. The molecule has 0 aromatic carbocycles. The first kappa shape index (κ1) is 15.0. The van der Waals surface area contributed by atoms with E-state index >= 15 is 0 Å². The van der Waals surface area contributed by atoms with Crippen molar-refractivity contribution < 1.29 is 0 Å². The van der Waals surface area contributed by atoms with E-state index in [4.69, 9.17) is 0 Å². The molecule has 0 aromatic heterocycles. The second kappa shape index (κ2) is 9.94. The maximum atomic E-state index is 3.49. The Bertz CT molecular complexity index is 167. The van der Waals surface area contributed by atoms with Crippen LogP contribution in [0.1, 0.15) is 84.0 Å². The standard InChI is InChI=1S/C16H33N/c1-3-4-5-6-7-8-9-10-12-15-13-11-14-16(15)17-2/h15-17H,3-14H2,1-2H3. The quantitative estimate of drug-likeness (QED) is 0.534. The van der Waals surface area contributed by atoms with E-state index in [2.05, 4.69) is 19.3 Å². The minimum absolute atomic E-state index is 0.833. The molecule has 0 heterocycles. The third-order valence-corrected chi connectivity index (χ3v) is 4.46. The van der Waals surface area contributed by atoms with Gasteiger partial charge in [-0.05, 0) is 32.2 Å². The highest BCUT2D eigenvalue weighted by Gasteiger charge is 2.24. The van der Waals surface area contributed by atoms with Crippen molar-refractivity contribution in [2.24, 2.45) is 5.92 Å². The molecule has 1 N–H and O–H groups in total. The van der Waals surface area contributed by atoms with E-state index in [1.807, 2.05) is 0 Å². The van der Waals surface area contributed by atoms with Crippen molar-refractivity contribution in [1.29, 1.82) is 0 Å². The molecule has 1 nitrogen and oxygen atoms in total. The van der Waals surface area contributed by atoms with Crippen LogP contribution >= 0.6 is 0 Å². The molecule has 0 spiro atoms. The Labute approximate surface area is 109 Å². The van der Waals surface area contributed by atoms with Crippen LogP contribution in [-0.4, -0.2) is 13.1 Å². The van der Waals surface area contributed by atoms with E-state index in [0.29, 0.717) is 0 Å². The molecule has 0 aliphatic heterocycles. The molecule has 0 aromatic rings. The molecule has 1 aliphatic rings. The third kappa shape index (κ3) is 6.45. The molecular weight excluding hydrogens is 206 g/mol. The maximum absolute atomic E-state index is 3.49. The minimum atomic E-state index is 0.833. The van der Waals surface area contributed by atoms with Crippen LogP contribution in [0.3, 0.4) is 0 Å². The Morgan fingerprint density at radius 1 is 0.882 bits per heavy atom. The summed E-state index contributed by atoms with van der Waals surface area (Å²) in [6.45, 7) is 2.29. The van der Waals surface area contributed by atoms with Gasteiger partial charge in [0.2, 0.25) is 0 Å². The lowest BCUT2D eigenvalue weighted by Crippen LogP contribution is -2.28. The second-order valence-corrected chi connectivity index (χ2v) is 5.85. The summed E-state index contributed by atoms with van der Waals surface area (Å²) < 4.78 is 0. The zero-order valence-electron chi connectivity index (χ0n) is 12.1. The number of unbranched alkanes of at least 4 members (excludes halogenated alkanes) is 7. The summed E-state index contributed by atoms with van der Waals surface area (Å²) in [6.07, 6.45) is 17.4. The van der Waals surface area contributed by atoms with Crippen LogP contribution in [0.25, 0.3) is 0 Å². The molecular formula is C16H33N. The molecule has 2 atom stereocenters. The van der Waals surface area contributed by atoms with Gasteiger partial charge in [-0.25, -0.2) is 0 Å². The van der Waals surface area contributed by atoms with Crippen molar-refractivity contribution in [3.05, 3.63) is 0 Å². The summed E-state index contributed by atoms with van der Waals surface area (Å²) in [5, 5.41) is 3.49. The fraction of sp³-hybridized carbons (Fsp3) is 1.00. The van der Waals surface area contributed by atoms with Gasteiger partial charge in [0.15, 0.2) is 0 Å². The van der Waals surface area contributed by atoms with Gasteiger partial charge in [0.1, 0.15) is 0 Å². The van der Waals surface area contributed by atoms with Gasteiger partial charge < -0.3 is 5.32 Å². The summed E-state index contributed by atoms with van der Waals surface area (Å²) in [5.74, 6) is 0.986. The molecule has 0 radical (unpaired) electrons. The minimum Gasteiger partial charge on any atom is -0.317 e. The molecule has 1 rings (SSSR count).